The molecule has 1 aromatic heterocycles. The van der Waals surface area contributed by atoms with Crippen molar-refractivity contribution < 1.29 is 33.0 Å². The standard InChI is InChI=1S/C27H32O7/c1-15-17(25(4)10-8-19(28)24(2,3)18(25)13-20(29)31-6)7-11-26(5)21(16-9-12-32-14-16)33-23(30)22-27(15,26)34-22/h8-10,12,14,17-18,21-22H,1,7,11,13H2,2-6H3/t17-,18-,21+,22-,25+,26-,27-/m1/s1. The third kappa shape index (κ3) is 2.76. The second-order valence-electron chi connectivity index (χ2n) is 11.3. The Kier molecular flexibility index (Phi) is 4.87. The van der Waals surface area contributed by atoms with Gasteiger partial charge in [-0.25, -0.2) is 4.79 Å². The Morgan fingerprint density at radius 3 is 2.59 bits per heavy atom. The summed E-state index contributed by atoms with van der Waals surface area (Å²) >= 11 is 0. The number of furan rings is 1. The van der Waals surface area contributed by atoms with E-state index in [2.05, 4.69) is 20.4 Å². The first kappa shape index (κ1) is 23.1. The maximum absolute atomic E-state index is 12.9. The zero-order chi connectivity index (χ0) is 24.7. The molecule has 0 N–H and O–H groups in total. The Hall–Kier alpha value is -2.67. The van der Waals surface area contributed by atoms with Gasteiger partial charge in [-0.3, -0.25) is 9.59 Å². The van der Waals surface area contributed by atoms with Crippen molar-refractivity contribution >= 4 is 17.7 Å². The van der Waals surface area contributed by atoms with Crippen LogP contribution < -0.4 is 0 Å². The highest BCUT2D eigenvalue weighted by molar-refractivity contribution is 5.96. The van der Waals surface area contributed by atoms with Crippen LogP contribution in [0.1, 0.15) is 58.6 Å². The Labute approximate surface area is 199 Å². The molecule has 0 unspecified atom stereocenters. The highest BCUT2D eigenvalue weighted by Gasteiger charge is 2.80. The Morgan fingerprint density at radius 1 is 1.21 bits per heavy atom. The Morgan fingerprint density at radius 2 is 1.94 bits per heavy atom. The molecule has 3 heterocycles. The monoisotopic (exact) mass is 468 g/mol. The van der Waals surface area contributed by atoms with E-state index in [1.165, 1.54) is 7.11 Å². The Bertz CT molecular complexity index is 1100. The zero-order valence-corrected chi connectivity index (χ0v) is 20.4. The van der Waals surface area contributed by atoms with Gasteiger partial charge in [-0.05, 0) is 47.8 Å². The molecule has 7 nitrogen and oxygen atoms in total. The van der Waals surface area contributed by atoms with Crippen LogP contribution in [0.15, 0.2) is 47.3 Å². The quantitative estimate of drug-likeness (QED) is 0.368. The lowest BCUT2D eigenvalue weighted by molar-refractivity contribution is -0.168. The first-order chi connectivity index (χ1) is 15.9. The number of hydrogen-bond acceptors (Lipinski definition) is 7. The van der Waals surface area contributed by atoms with Crippen molar-refractivity contribution in [1.82, 2.24) is 0 Å². The van der Waals surface area contributed by atoms with Crippen LogP contribution in [0.5, 0.6) is 0 Å². The average molecular weight is 469 g/mol. The normalized spacial score (nSPS) is 42.4. The molecular weight excluding hydrogens is 436 g/mol. The fraction of sp³-hybridized carbons (Fsp3) is 0.593. The lowest BCUT2D eigenvalue weighted by Gasteiger charge is -2.56. The summed E-state index contributed by atoms with van der Waals surface area (Å²) in [5, 5.41) is 0. The summed E-state index contributed by atoms with van der Waals surface area (Å²) in [6, 6.07) is 1.82. The molecule has 2 saturated heterocycles. The van der Waals surface area contributed by atoms with Crippen LogP contribution in [-0.4, -0.2) is 36.5 Å². The minimum absolute atomic E-state index is 0.00915. The van der Waals surface area contributed by atoms with Gasteiger partial charge in [0.1, 0.15) is 11.7 Å². The lowest BCUT2D eigenvalue weighted by Crippen LogP contribution is -2.58. The van der Waals surface area contributed by atoms with E-state index in [1.807, 2.05) is 26.0 Å². The minimum atomic E-state index is -0.856. The first-order valence-corrected chi connectivity index (χ1v) is 11.8. The van der Waals surface area contributed by atoms with Crippen molar-refractivity contribution in [2.75, 3.05) is 7.11 Å². The number of epoxide rings is 1. The molecule has 182 valence electrons. The maximum atomic E-state index is 12.9. The molecule has 7 heteroatoms. The predicted octanol–water partition coefficient (Wildman–Crippen LogP) is 4.34. The number of carbonyl (C=O) groups is 3. The van der Waals surface area contributed by atoms with Crippen molar-refractivity contribution in [3.05, 3.63) is 48.5 Å². The van der Waals surface area contributed by atoms with Gasteiger partial charge in [0, 0.05) is 16.4 Å². The third-order valence-corrected chi connectivity index (χ3v) is 9.39. The summed E-state index contributed by atoms with van der Waals surface area (Å²) in [6.07, 6.45) is 7.16. The smallest absolute Gasteiger partial charge is 0.339 e. The molecule has 2 aliphatic carbocycles. The summed E-state index contributed by atoms with van der Waals surface area (Å²) < 4.78 is 22.4. The van der Waals surface area contributed by atoms with Gasteiger partial charge in [0.2, 0.25) is 0 Å². The van der Waals surface area contributed by atoms with E-state index < -0.39 is 40.0 Å². The molecule has 1 aromatic rings. The Balaban J connectivity index is 1.57. The molecule has 7 atom stereocenters. The van der Waals surface area contributed by atoms with Crippen LogP contribution in [0.25, 0.3) is 0 Å². The minimum Gasteiger partial charge on any atom is -0.472 e. The van der Waals surface area contributed by atoms with Crippen LogP contribution in [0.2, 0.25) is 0 Å². The van der Waals surface area contributed by atoms with E-state index in [-0.39, 0.29) is 30.0 Å². The van der Waals surface area contributed by atoms with Crippen molar-refractivity contribution in [2.24, 2.45) is 28.1 Å². The number of ketones is 1. The number of rotatable bonds is 4. The molecule has 4 aliphatic rings. The fourth-order valence-corrected chi connectivity index (χ4v) is 7.27. The summed E-state index contributed by atoms with van der Waals surface area (Å²) in [5.74, 6) is -1.15. The highest BCUT2D eigenvalue weighted by Crippen LogP contribution is 2.72. The second kappa shape index (κ2) is 7.17. The van der Waals surface area contributed by atoms with Gasteiger partial charge < -0.3 is 18.6 Å². The first-order valence-electron chi connectivity index (χ1n) is 11.8. The second-order valence-corrected chi connectivity index (χ2v) is 11.3. The molecule has 0 aromatic carbocycles. The van der Waals surface area contributed by atoms with E-state index in [0.717, 1.165) is 24.0 Å². The van der Waals surface area contributed by atoms with Crippen molar-refractivity contribution in [3.63, 3.8) is 0 Å². The number of esters is 2. The number of cyclic esters (lactones) is 1. The van der Waals surface area contributed by atoms with Crippen molar-refractivity contribution in [1.29, 1.82) is 0 Å². The van der Waals surface area contributed by atoms with Gasteiger partial charge in [-0.15, -0.1) is 0 Å². The number of methoxy groups -OCH3 is 1. The average Bonchev–Trinajstić information content (AvgIpc) is 3.35. The van der Waals surface area contributed by atoms with Crippen molar-refractivity contribution in [3.8, 4) is 0 Å². The summed E-state index contributed by atoms with van der Waals surface area (Å²) in [7, 11) is 1.36. The topological polar surface area (TPSA) is 95.3 Å². The van der Waals surface area contributed by atoms with E-state index >= 15 is 0 Å². The molecule has 2 aliphatic heterocycles. The molecule has 1 saturated carbocycles. The van der Waals surface area contributed by atoms with Crippen LogP contribution in [0, 0.1) is 28.1 Å². The molecule has 5 rings (SSSR count). The lowest BCUT2D eigenvalue weighted by atomic mass is 9.47. The summed E-state index contributed by atoms with van der Waals surface area (Å²) in [6.45, 7) is 12.5. The van der Waals surface area contributed by atoms with Gasteiger partial charge >= 0.3 is 11.9 Å². The largest absolute Gasteiger partial charge is 0.472 e. The highest BCUT2D eigenvalue weighted by atomic mass is 16.7. The predicted molar refractivity (Wildman–Crippen MR) is 121 cm³/mol. The van der Waals surface area contributed by atoms with E-state index in [1.54, 1.807) is 18.6 Å². The van der Waals surface area contributed by atoms with Crippen LogP contribution in [-0.2, 0) is 28.6 Å². The van der Waals surface area contributed by atoms with Crippen LogP contribution >= 0.6 is 0 Å². The molecule has 3 fully saturated rings. The molecule has 0 amide bonds. The molecule has 0 radical (unpaired) electrons. The van der Waals surface area contributed by atoms with E-state index in [4.69, 9.17) is 18.6 Å². The summed E-state index contributed by atoms with van der Waals surface area (Å²) in [5.41, 5.74) is -1.04. The van der Waals surface area contributed by atoms with E-state index in [0.29, 0.717) is 0 Å². The SMILES string of the molecule is C=C1[C@H]([C@]2(C)C=CC(=O)C(C)(C)[C@H]2CC(=O)OC)CC[C@]2(C)[C@H](c3ccoc3)OC(=O)[C@H]3O[C@]132. The molecule has 0 bridgehead atoms. The third-order valence-electron chi connectivity index (χ3n) is 9.39. The van der Waals surface area contributed by atoms with Crippen LogP contribution in [0.4, 0.5) is 0 Å². The van der Waals surface area contributed by atoms with Gasteiger partial charge in [-0.1, -0.05) is 40.3 Å². The zero-order valence-electron chi connectivity index (χ0n) is 20.4. The van der Waals surface area contributed by atoms with Crippen LogP contribution in [0.3, 0.4) is 0 Å². The summed E-state index contributed by atoms with van der Waals surface area (Å²) in [4.78, 5) is 38.2. The number of hydrogen-bond donors (Lipinski definition) is 0. The van der Waals surface area contributed by atoms with Gasteiger partial charge in [0.25, 0.3) is 0 Å². The van der Waals surface area contributed by atoms with E-state index in [9.17, 15) is 14.4 Å². The number of ether oxygens (including phenoxy) is 3. The molecule has 34 heavy (non-hydrogen) atoms. The fourth-order valence-electron chi connectivity index (χ4n) is 7.27. The maximum Gasteiger partial charge on any atom is 0.339 e. The molecular formula is C27H32O7. The number of carbonyl (C=O) groups excluding carboxylic acids is 3. The van der Waals surface area contributed by atoms with Gasteiger partial charge in [0.15, 0.2) is 11.9 Å². The molecule has 1 spiro atoms. The van der Waals surface area contributed by atoms with Gasteiger partial charge in [0.05, 0.1) is 26.1 Å². The van der Waals surface area contributed by atoms with Gasteiger partial charge in [-0.2, -0.15) is 0 Å². The number of allylic oxidation sites excluding steroid dienone is 2. The van der Waals surface area contributed by atoms with Crippen molar-refractivity contribution in [2.45, 2.75) is 64.8 Å².